The van der Waals surface area contributed by atoms with Crippen LogP contribution in [0.25, 0.3) is 5.57 Å². The van der Waals surface area contributed by atoms with Crippen molar-refractivity contribution >= 4 is 49.9 Å². The van der Waals surface area contributed by atoms with Crippen molar-refractivity contribution in [3.8, 4) is 11.5 Å². The average molecular weight is 647 g/mol. The third-order valence-corrected chi connectivity index (χ3v) is 11.5. The molecule has 45 heavy (non-hydrogen) atoms. The number of rotatable bonds is 12. The van der Waals surface area contributed by atoms with Gasteiger partial charge in [0, 0.05) is 24.3 Å². The Hall–Kier alpha value is -4.03. The van der Waals surface area contributed by atoms with Crippen molar-refractivity contribution in [2.75, 3.05) is 7.11 Å². The van der Waals surface area contributed by atoms with Crippen LogP contribution in [0.5, 0.6) is 11.5 Å². The molecule has 0 fully saturated rings. The van der Waals surface area contributed by atoms with E-state index >= 15 is 0 Å². The molecule has 0 spiro atoms. The number of pyridine rings is 1. The van der Waals surface area contributed by atoms with Gasteiger partial charge in [-0.2, -0.15) is 0 Å². The van der Waals surface area contributed by atoms with Gasteiger partial charge in [-0.15, -0.1) is 0 Å². The highest BCUT2D eigenvalue weighted by Gasteiger charge is 2.26. The topological polar surface area (TPSA) is 104 Å². The molecule has 0 saturated carbocycles. The van der Waals surface area contributed by atoms with Gasteiger partial charge in [0.1, 0.15) is 11.8 Å². The van der Waals surface area contributed by atoms with Gasteiger partial charge in [0.2, 0.25) is 5.75 Å². The van der Waals surface area contributed by atoms with Crippen LogP contribution in [-0.4, -0.2) is 52.1 Å². The van der Waals surface area contributed by atoms with Crippen molar-refractivity contribution in [3.63, 3.8) is 0 Å². The van der Waals surface area contributed by atoms with Gasteiger partial charge in [0.15, 0.2) is 11.4 Å². The largest absolute Gasteiger partial charge is 0.493 e. The third-order valence-electron chi connectivity index (χ3n) is 7.36. The summed E-state index contributed by atoms with van der Waals surface area (Å²) in [5.74, 6) is -1.38. The fourth-order valence-electron chi connectivity index (χ4n) is 4.68. The molecule has 2 aromatic carbocycles. The maximum Gasteiger partial charge on any atom is 0.333 e. The maximum atomic E-state index is 13.3. The molecule has 1 aromatic heterocycles. The van der Waals surface area contributed by atoms with E-state index in [4.69, 9.17) is 14.2 Å². The lowest BCUT2D eigenvalue weighted by atomic mass is 9.97. The third kappa shape index (κ3) is 9.24. The van der Waals surface area contributed by atoms with Crippen LogP contribution in [0, 0.1) is 0 Å². The number of esters is 2. The van der Waals surface area contributed by atoms with E-state index in [1.54, 1.807) is 6.92 Å². The Balaban J connectivity index is 1.92. The molecule has 0 aliphatic carbocycles. The first-order valence-electron chi connectivity index (χ1n) is 15.3. The van der Waals surface area contributed by atoms with Crippen molar-refractivity contribution in [1.82, 2.24) is 10.3 Å². The molecule has 1 heterocycles. The molecule has 3 rings (SSSR count). The predicted molar refractivity (Wildman–Crippen MR) is 185 cm³/mol. The molecular formula is C35H46N2O6Si2. The minimum absolute atomic E-state index is 0.0987. The predicted octanol–water partition coefficient (Wildman–Crippen LogP) is 6.03. The van der Waals surface area contributed by atoms with Crippen molar-refractivity contribution in [2.24, 2.45) is 0 Å². The van der Waals surface area contributed by atoms with Crippen LogP contribution >= 0.6 is 0 Å². The number of hydrogen-bond acceptors (Lipinski definition) is 7. The van der Waals surface area contributed by atoms with Crippen LogP contribution in [0.2, 0.25) is 39.3 Å². The lowest BCUT2D eigenvalue weighted by Crippen LogP contribution is -2.40. The van der Waals surface area contributed by atoms with Gasteiger partial charge in [-0.3, -0.25) is 9.59 Å². The Morgan fingerprint density at radius 2 is 1.36 bits per heavy atom. The van der Waals surface area contributed by atoms with Gasteiger partial charge >= 0.3 is 11.9 Å². The molecule has 3 aromatic rings. The normalized spacial score (nSPS) is 12.1. The van der Waals surface area contributed by atoms with Gasteiger partial charge in [-0.25, -0.2) is 9.78 Å². The monoisotopic (exact) mass is 646 g/mol. The first-order chi connectivity index (χ1) is 21.1. The van der Waals surface area contributed by atoms with E-state index in [1.165, 1.54) is 36.7 Å². The summed E-state index contributed by atoms with van der Waals surface area (Å²) < 4.78 is 16.6. The summed E-state index contributed by atoms with van der Waals surface area (Å²) in [6, 6.07) is 17.4. The fraction of sp³-hybridized carbons (Fsp3) is 0.371. The van der Waals surface area contributed by atoms with Crippen LogP contribution in [0.4, 0.5) is 0 Å². The summed E-state index contributed by atoms with van der Waals surface area (Å²) in [4.78, 5) is 42.9. The summed E-state index contributed by atoms with van der Waals surface area (Å²) in [6.45, 7) is 18.9. The lowest BCUT2D eigenvalue weighted by Gasteiger charge is -2.21. The number of nitrogens with zero attached hydrogens (tertiary/aromatic N) is 1. The number of carbonyl (C=O) groups excluding carboxylic acids is 3. The summed E-state index contributed by atoms with van der Waals surface area (Å²) in [5, 5.41) is 5.29. The first kappa shape index (κ1) is 35.5. The molecule has 0 unspecified atom stereocenters. The van der Waals surface area contributed by atoms with Crippen LogP contribution in [0.3, 0.4) is 0 Å². The summed E-state index contributed by atoms with van der Waals surface area (Å²) in [5.41, 5.74) is 2.49. The number of carbonyl (C=O) groups is 3. The van der Waals surface area contributed by atoms with Crippen LogP contribution in [-0.2, 0) is 14.3 Å². The number of amides is 1. The molecule has 0 bridgehead atoms. The molecule has 8 nitrogen and oxygen atoms in total. The van der Waals surface area contributed by atoms with Gasteiger partial charge < -0.3 is 19.5 Å². The van der Waals surface area contributed by atoms with Crippen molar-refractivity contribution in [3.05, 3.63) is 83.4 Å². The number of methoxy groups -OCH3 is 1. The fourth-order valence-corrected chi connectivity index (χ4v) is 7.02. The van der Waals surface area contributed by atoms with Crippen LogP contribution in [0.1, 0.15) is 55.2 Å². The SMILES string of the molecule is CCCC(=O)Oc1c(OC)ccnc1C(=O)N[C@@H](C)C(=O)OC(C)=C(c1ccc([Si](C)(C)C)cc1)c1ccc([Si](C)(C)C)cc1. The lowest BCUT2D eigenvalue weighted by molar-refractivity contribution is -0.141. The molecule has 0 aliphatic heterocycles. The van der Waals surface area contributed by atoms with Gasteiger partial charge in [0.05, 0.1) is 23.3 Å². The summed E-state index contributed by atoms with van der Waals surface area (Å²) in [6.07, 6.45) is 2.11. The van der Waals surface area contributed by atoms with Crippen molar-refractivity contribution < 1.29 is 28.6 Å². The highest BCUT2D eigenvalue weighted by atomic mass is 28.3. The zero-order valence-corrected chi connectivity index (χ0v) is 30.2. The Bertz CT molecular complexity index is 1490. The molecular weight excluding hydrogens is 601 g/mol. The van der Waals surface area contributed by atoms with E-state index in [9.17, 15) is 14.4 Å². The quantitative estimate of drug-likeness (QED) is 0.146. The first-order valence-corrected chi connectivity index (χ1v) is 22.3. The standard InChI is InChI=1S/C35H46N2O6Si2/c1-11-12-30(38)43-33-29(41-4)21-22-36-32(33)34(39)37-23(2)35(40)42-24(3)31(25-13-17-27(18-14-25)44(5,6)7)26-15-19-28(20-16-26)45(8,9)10/h13-23H,11-12H2,1-10H3,(H,37,39)/t23-/m0/s1. The van der Waals surface area contributed by atoms with E-state index in [0.717, 1.165) is 16.7 Å². The van der Waals surface area contributed by atoms with E-state index in [-0.39, 0.29) is 23.6 Å². The smallest absolute Gasteiger partial charge is 0.333 e. The second-order valence-electron chi connectivity index (χ2n) is 13.1. The van der Waals surface area contributed by atoms with E-state index in [1.807, 2.05) is 6.92 Å². The molecule has 1 amide bonds. The Morgan fingerprint density at radius 3 is 1.80 bits per heavy atom. The molecule has 240 valence electrons. The average Bonchev–Trinajstić information content (AvgIpc) is 2.97. The maximum absolute atomic E-state index is 13.3. The summed E-state index contributed by atoms with van der Waals surface area (Å²) >= 11 is 0. The van der Waals surface area contributed by atoms with Gasteiger partial charge in [-0.05, 0) is 31.4 Å². The molecule has 0 aliphatic rings. The highest BCUT2D eigenvalue weighted by molar-refractivity contribution is 6.89. The zero-order valence-electron chi connectivity index (χ0n) is 28.2. The summed E-state index contributed by atoms with van der Waals surface area (Å²) in [7, 11) is -1.62. The number of allylic oxidation sites excluding steroid dienone is 1. The number of nitrogens with one attached hydrogen (secondary N) is 1. The minimum Gasteiger partial charge on any atom is -0.493 e. The van der Waals surface area contributed by atoms with Crippen molar-refractivity contribution in [1.29, 1.82) is 0 Å². The second-order valence-corrected chi connectivity index (χ2v) is 23.3. The minimum atomic E-state index is -1.51. The Morgan fingerprint density at radius 1 is 0.844 bits per heavy atom. The number of hydrogen-bond donors (Lipinski definition) is 1. The number of aromatic nitrogens is 1. The second kappa shape index (κ2) is 14.8. The zero-order chi connectivity index (χ0) is 33.5. The van der Waals surface area contributed by atoms with E-state index < -0.39 is 40.0 Å². The number of ether oxygens (including phenoxy) is 3. The molecule has 10 heteroatoms. The molecule has 0 saturated heterocycles. The Labute approximate surface area is 269 Å². The molecule has 1 atom stereocenters. The van der Waals surface area contributed by atoms with Crippen LogP contribution < -0.4 is 25.2 Å². The van der Waals surface area contributed by atoms with E-state index in [0.29, 0.717) is 12.2 Å². The molecule has 0 radical (unpaired) electrons. The van der Waals surface area contributed by atoms with Gasteiger partial charge in [-0.1, -0.05) is 105 Å². The van der Waals surface area contributed by atoms with Crippen molar-refractivity contribution in [2.45, 2.75) is 78.9 Å². The highest BCUT2D eigenvalue weighted by Crippen LogP contribution is 2.31. The van der Waals surface area contributed by atoms with Gasteiger partial charge in [0.25, 0.3) is 5.91 Å². The number of benzene rings is 2. The van der Waals surface area contributed by atoms with E-state index in [2.05, 4.69) is 98.1 Å². The van der Waals surface area contributed by atoms with Crippen LogP contribution in [0.15, 0.2) is 66.6 Å². The molecule has 1 N–H and O–H groups in total. The Kier molecular flexibility index (Phi) is 11.7.